The normalized spacial score (nSPS) is 17.4. The summed E-state index contributed by atoms with van der Waals surface area (Å²) in [6.45, 7) is 0.523. The Morgan fingerprint density at radius 2 is 1.29 bits per heavy atom. The van der Waals surface area contributed by atoms with E-state index in [1.807, 2.05) is 24.3 Å². The molecule has 8 heteroatoms. The Kier molecular flexibility index (Phi) is 9.04. The molecule has 1 saturated carbocycles. The Hall–Kier alpha value is -3.62. The first kappa shape index (κ1) is 29.9. The third-order valence-electron chi connectivity index (χ3n) is 7.85. The minimum atomic E-state index is -3.37. The quantitative estimate of drug-likeness (QED) is 0.144. The van der Waals surface area contributed by atoms with Crippen molar-refractivity contribution in [3.63, 3.8) is 0 Å². The van der Waals surface area contributed by atoms with Crippen LogP contribution in [0.2, 0.25) is 0 Å². The van der Waals surface area contributed by atoms with Crippen molar-refractivity contribution in [1.29, 1.82) is 0 Å². The lowest BCUT2D eigenvalue weighted by molar-refractivity contribution is -0.277. The first-order valence-corrected chi connectivity index (χ1v) is 13.8. The van der Waals surface area contributed by atoms with E-state index in [9.17, 15) is 26.3 Å². The molecular formula is C34H30F6O2. The van der Waals surface area contributed by atoms with Crippen LogP contribution in [0.25, 0.3) is 22.3 Å². The van der Waals surface area contributed by atoms with Crippen molar-refractivity contribution < 1.29 is 35.8 Å². The lowest BCUT2D eigenvalue weighted by atomic mass is 9.82. The smallest absolute Gasteiger partial charge is 0.383 e. The van der Waals surface area contributed by atoms with Gasteiger partial charge in [0.15, 0.2) is 17.5 Å². The summed E-state index contributed by atoms with van der Waals surface area (Å²) in [5, 5.41) is 0. The topological polar surface area (TPSA) is 18.5 Å². The summed E-state index contributed by atoms with van der Waals surface area (Å²) in [6.07, 6.45) is -0.860. The zero-order valence-electron chi connectivity index (χ0n) is 23.0. The van der Waals surface area contributed by atoms with Gasteiger partial charge in [0.05, 0.1) is 18.3 Å². The molecule has 0 amide bonds. The van der Waals surface area contributed by atoms with Crippen LogP contribution in [0, 0.1) is 23.3 Å². The van der Waals surface area contributed by atoms with E-state index in [0.717, 1.165) is 28.8 Å². The first-order valence-electron chi connectivity index (χ1n) is 13.8. The van der Waals surface area contributed by atoms with E-state index in [1.54, 1.807) is 25.3 Å². The Morgan fingerprint density at radius 3 is 1.88 bits per heavy atom. The number of hydrogen-bond donors (Lipinski definition) is 0. The van der Waals surface area contributed by atoms with Gasteiger partial charge in [0.1, 0.15) is 5.82 Å². The molecule has 220 valence electrons. The highest BCUT2D eigenvalue weighted by Crippen LogP contribution is 2.39. The van der Waals surface area contributed by atoms with Crippen LogP contribution >= 0.6 is 0 Å². The molecule has 0 N–H and O–H groups in total. The molecule has 0 heterocycles. The van der Waals surface area contributed by atoms with Gasteiger partial charge in [0.2, 0.25) is 0 Å². The van der Waals surface area contributed by atoms with Crippen molar-refractivity contribution in [3.8, 4) is 22.3 Å². The lowest BCUT2D eigenvalue weighted by Gasteiger charge is -2.31. The predicted molar refractivity (Wildman–Crippen MR) is 149 cm³/mol. The highest BCUT2D eigenvalue weighted by Gasteiger charge is 2.37. The molecule has 0 aromatic heterocycles. The molecule has 0 unspecified atom stereocenters. The summed E-state index contributed by atoms with van der Waals surface area (Å²) in [4.78, 5) is 0. The largest absolute Gasteiger partial charge is 0.384 e. The number of alkyl halides is 2. The van der Waals surface area contributed by atoms with E-state index in [-0.39, 0.29) is 22.6 Å². The summed E-state index contributed by atoms with van der Waals surface area (Å²) in [6, 6.07) is 19.5. The van der Waals surface area contributed by atoms with Crippen LogP contribution in [0.4, 0.5) is 26.3 Å². The molecule has 2 nitrogen and oxygen atoms in total. The highest BCUT2D eigenvalue weighted by atomic mass is 19.3. The highest BCUT2D eigenvalue weighted by molar-refractivity contribution is 5.71. The van der Waals surface area contributed by atoms with E-state index in [2.05, 4.69) is 0 Å². The van der Waals surface area contributed by atoms with E-state index < -0.39 is 35.5 Å². The van der Waals surface area contributed by atoms with Gasteiger partial charge < -0.3 is 9.47 Å². The van der Waals surface area contributed by atoms with Crippen LogP contribution in [-0.2, 0) is 22.0 Å². The van der Waals surface area contributed by atoms with Gasteiger partial charge in [-0.2, -0.15) is 8.78 Å². The number of ether oxygens (including phenoxy) is 2. The number of benzene rings is 4. The molecule has 0 bridgehead atoms. The van der Waals surface area contributed by atoms with Crippen molar-refractivity contribution in [2.75, 3.05) is 13.7 Å². The van der Waals surface area contributed by atoms with Crippen molar-refractivity contribution in [2.45, 2.75) is 50.2 Å². The third-order valence-corrected chi connectivity index (χ3v) is 7.85. The summed E-state index contributed by atoms with van der Waals surface area (Å²) in [7, 11) is 1.60. The molecule has 4 aromatic rings. The molecule has 0 atom stereocenters. The maximum Gasteiger partial charge on any atom is 0.383 e. The first-order chi connectivity index (χ1) is 20.1. The Labute approximate surface area is 240 Å². The fourth-order valence-corrected chi connectivity index (χ4v) is 5.46. The van der Waals surface area contributed by atoms with Crippen molar-refractivity contribution in [3.05, 3.63) is 119 Å². The fourth-order valence-electron chi connectivity index (χ4n) is 5.46. The van der Waals surface area contributed by atoms with Gasteiger partial charge in [-0.05, 0) is 84.0 Å². The Bertz CT molecular complexity index is 1490. The molecule has 0 aliphatic heterocycles. The third kappa shape index (κ3) is 6.71. The average molecular weight is 585 g/mol. The van der Waals surface area contributed by atoms with Gasteiger partial charge in [0, 0.05) is 12.7 Å². The van der Waals surface area contributed by atoms with Crippen molar-refractivity contribution in [1.82, 2.24) is 0 Å². The molecule has 42 heavy (non-hydrogen) atoms. The van der Waals surface area contributed by atoms with E-state index >= 15 is 0 Å². The molecule has 0 spiro atoms. The Morgan fingerprint density at radius 1 is 0.690 bits per heavy atom. The molecule has 1 aliphatic rings. The Balaban J connectivity index is 1.19. The van der Waals surface area contributed by atoms with Crippen molar-refractivity contribution >= 4 is 0 Å². The molecule has 0 saturated heterocycles. The van der Waals surface area contributed by atoms with Gasteiger partial charge in [-0.25, -0.2) is 17.6 Å². The van der Waals surface area contributed by atoms with Gasteiger partial charge in [0.25, 0.3) is 0 Å². The summed E-state index contributed by atoms with van der Waals surface area (Å²) in [5.74, 6) is -4.88. The van der Waals surface area contributed by atoms with Gasteiger partial charge >= 0.3 is 6.11 Å². The van der Waals surface area contributed by atoms with E-state index in [4.69, 9.17) is 9.47 Å². The number of rotatable bonds is 9. The second kappa shape index (κ2) is 12.7. The van der Waals surface area contributed by atoms with Crippen LogP contribution in [0.5, 0.6) is 0 Å². The molecule has 4 aromatic carbocycles. The van der Waals surface area contributed by atoms with E-state index in [0.29, 0.717) is 44.3 Å². The van der Waals surface area contributed by atoms with E-state index in [1.165, 1.54) is 24.3 Å². The van der Waals surface area contributed by atoms with Crippen LogP contribution in [0.15, 0.2) is 78.9 Å². The maximum absolute atomic E-state index is 14.9. The van der Waals surface area contributed by atoms with Gasteiger partial charge in [-0.3, -0.25) is 0 Å². The zero-order chi connectivity index (χ0) is 29.9. The summed E-state index contributed by atoms with van der Waals surface area (Å²) < 4.78 is 95.3. The minimum Gasteiger partial charge on any atom is -0.384 e. The van der Waals surface area contributed by atoms with Crippen LogP contribution in [0.1, 0.15) is 48.3 Å². The number of hydrogen-bond acceptors (Lipinski definition) is 2. The summed E-state index contributed by atoms with van der Waals surface area (Å²) in [5.41, 5.74) is 2.98. The zero-order valence-corrected chi connectivity index (χ0v) is 23.0. The summed E-state index contributed by atoms with van der Waals surface area (Å²) >= 11 is 0. The lowest BCUT2D eigenvalue weighted by Crippen LogP contribution is -2.29. The average Bonchev–Trinajstić information content (AvgIpc) is 2.99. The fraction of sp³-hybridized carbons (Fsp3) is 0.294. The van der Waals surface area contributed by atoms with Crippen molar-refractivity contribution in [2.24, 2.45) is 0 Å². The number of halogens is 6. The van der Waals surface area contributed by atoms with Crippen LogP contribution in [-0.4, -0.2) is 19.8 Å². The van der Waals surface area contributed by atoms with Crippen LogP contribution in [0.3, 0.4) is 0 Å². The second-order valence-corrected chi connectivity index (χ2v) is 10.6. The SMILES string of the molecule is COCCc1ccc(C(F)(F)OC2CCC(c3ccc(-c4ccc(-c5cc(F)c(F)c(F)c5)c(F)c4)cc3)CC2)cc1. The maximum atomic E-state index is 14.9. The molecular weight excluding hydrogens is 554 g/mol. The van der Waals surface area contributed by atoms with Gasteiger partial charge in [-0.1, -0.05) is 60.7 Å². The molecule has 0 radical (unpaired) electrons. The molecule has 1 aliphatic carbocycles. The minimum absolute atomic E-state index is 0.0446. The number of methoxy groups -OCH3 is 1. The van der Waals surface area contributed by atoms with Gasteiger partial charge in [-0.15, -0.1) is 0 Å². The predicted octanol–water partition coefficient (Wildman–Crippen LogP) is 9.56. The monoisotopic (exact) mass is 584 g/mol. The second-order valence-electron chi connectivity index (χ2n) is 10.6. The molecule has 5 rings (SSSR count). The molecule has 1 fully saturated rings. The standard InChI is InChI=1S/C34H30F6O2/c1-41-17-16-21-2-11-27(12-3-21)34(39,40)42-28-13-8-23(9-14-28)22-4-6-24(7-5-22)25-10-15-29(30(35)18-25)26-19-31(36)33(38)32(37)20-26/h2-7,10-12,15,18-20,23,28H,8-9,13-14,16-17H2,1H3. The van der Waals surface area contributed by atoms with Crippen LogP contribution < -0.4 is 0 Å².